The van der Waals surface area contributed by atoms with Gasteiger partial charge in [0.2, 0.25) is 0 Å². The van der Waals surface area contributed by atoms with Crippen molar-refractivity contribution in [2.45, 2.75) is 45.8 Å². The SMILES string of the molecule is CC[O][Ti]([CH2]CCN(CC)CC)([O]CC)[O]CC. The van der Waals surface area contributed by atoms with Crippen LogP contribution in [0.3, 0.4) is 0 Å². The third-order valence-corrected chi connectivity index (χ3v) is 7.87. The van der Waals surface area contributed by atoms with Crippen molar-refractivity contribution in [3.8, 4) is 0 Å². The molecule has 4 nitrogen and oxygen atoms in total. The van der Waals surface area contributed by atoms with Crippen LogP contribution < -0.4 is 0 Å². The molecule has 0 saturated carbocycles. The molecular weight excluding hydrogens is 266 g/mol. The molecule has 0 aliphatic rings. The average Bonchev–Trinajstić information content (AvgIpc) is 2.36. The van der Waals surface area contributed by atoms with Crippen molar-refractivity contribution in [2.75, 3.05) is 39.5 Å². The minimum atomic E-state index is -2.96. The maximum atomic E-state index is 5.88. The first kappa shape index (κ1) is 18.6. The summed E-state index contributed by atoms with van der Waals surface area (Å²) in [7, 11) is 0. The van der Waals surface area contributed by atoms with E-state index in [1.807, 2.05) is 20.8 Å². The van der Waals surface area contributed by atoms with Crippen molar-refractivity contribution in [3.05, 3.63) is 0 Å². The van der Waals surface area contributed by atoms with Crippen molar-refractivity contribution >= 4 is 0 Å². The maximum absolute atomic E-state index is 5.88. The molecule has 0 heterocycles. The third kappa shape index (κ3) is 7.22. The van der Waals surface area contributed by atoms with E-state index in [2.05, 4.69) is 18.7 Å². The van der Waals surface area contributed by atoms with Gasteiger partial charge in [-0.05, 0) is 0 Å². The van der Waals surface area contributed by atoms with Crippen molar-refractivity contribution in [1.29, 1.82) is 0 Å². The summed E-state index contributed by atoms with van der Waals surface area (Å²) in [5, 5.41) is 0. The number of hydrogen-bond acceptors (Lipinski definition) is 4. The fourth-order valence-corrected chi connectivity index (χ4v) is 6.11. The summed E-state index contributed by atoms with van der Waals surface area (Å²) >= 11 is -2.96. The molecule has 0 aromatic heterocycles. The van der Waals surface area contributed by atoms with Crippen LogP contribution >= 0.6 is 0 Å². The zero-order valence-electron chi connectivity index (χ0n) is 12.8. The van der Waals surface area contributed by atoms with Crippen LogP contribution in [-0.4, -0.2) is 44.4 Å². The third-order valence-electron chi connectivity index (χ3n) is 2.94. The van der Waals surface area contributed by atoms with Gasteiger partial charge < -0.3 is 0 Å². The van der Waals surface area contributed by atoms with Gasteiger partial charge in [-0.25, -0.2) is 0 Å². The van der Waals surface area contributed by atoms with Gasteiger partial charge in [-0.1, -0.05) is 0 Å². The van der Waals surface area contributed by atoms with E-state index in [4.69, 9.17) is 9.96 Å². The average molecular weight is 297 g/mol. The molecule has 0 aromatic carbocycles. The van der Waals surface area contributed by atoms with Gasteiger partial charge in [0.1, 0.15) is 0 Å². The molecule has 0 saturated heterocycles. The zero-order chi connectivity index (χ0) is 13.9. The molecule has 0 radical (unpaired) electrons. The summed E-state index contributed by atoms with van der Waals surface area (Å²) in [5.74, 6) is 0. The first-order valence-corrected chi connectivity index (χ1v) is 10.3. The Morgan fingerprint density at radius 3 is 1.56 bits per heavy atom. The second-order valence-corrected chi connectivity index (χ2v) is 8.38. The Kier molecular flexibility index (Phi) is 11.7. The Morgan fingerprint density at radius 2 is 1.22 bits per heavy atom. The van der Waals surface area contributed by atoms with Gasteiger partial charge in [-0.15, -0.1) is 0 Å². The van der Waals surface area contributed by atoms with E-state index in [0.717, 1.165) is 30.8 Å². The van der Waals surface area contributed by atoms with E-state index >= 15 is 0 Å². The second-order valence-electron chi connectivity index (χ2n) is 4.11. The van der Waals surface area contributed by atoms with Crippen LogP contribution in [0.2, 0.25) is 4.73 Å². The van der Waals surface area contributed by atoms with E-state index in [9.17, 15) is 0 Å². The molecule has 5 heteroatoms. The zero-order valence-corrected chi connectivity index (χ0v) is 14.4. The molecule has 0 amide bonds. The van der Waals surface area contributed by atoms with Crippen LogP contribution in [0.4, 0.5) is 0 Å². The molecule has 0 spiro atoms. The molecule has 0 N–H and O–H groups in total. The summed E-state index contributed by atoms with van der Waals surface area (Å²) < 4.78 is 18.6. The topological polar surface area (TPSA) is 30.9 Å². The van der Waals surface area contributed by atoms with Gasteiger partial charge in [0.05, 0.1) is 0 Å². The molecular formula is C13H31NO3Ti. The molecule has 0 aliphatic heterocycles. The monoisotopic (exact) mass is 297 g/mol. The summed E-state index contributed by atoms with van der Waals surface area (Å²) in [6.07, 6.45) is 1.10. The molecule has 0 unspecified atom stereocenters. The Hall–Kier alpha value is 0.554. The normalized spacial score (nSPS) is 12.3. The first-order chi connectivity index (χ1) is 8.67. The molecule has 0 aromatic rings. The summed E-state index contributed by atoms with van der Waals surface area (Å²) in [5.41, 5.74) is 0. The van der Waals surface area contributed by atoms with E-state index in [1.54, 1.807) is 0 Å². The van der Waals surface area contributed by atoms with Crippen LogP contribution in [-0.2, 0) is 27.7 Å². The van der Waals surface area contributed by atoms with Crippen molar-refractivity contribution < 1.29 is 27.7 Å². The molecule has 0 bridgehead atoms. The molecule has 0 aliphatic carbocycles. The number of hydrogen-bond donors (Lipinski definition) is 0. The Bertz CT molecular complexity index is 172. The Morgan fingerprint density at radius 1 is 0.778 bits per heavy atom. The van der Waals surface area contributed by atoms with Gasteiger partial charge in [0, 0.05) is 0 Å². The fraction of sp³-hybridized carbons (Fsp3) is 1.00. The van der Waals surface area contributed by atoms with Crippen molar-refractivity contribution in [3.63, 3.8) is 0 Å². The minimum absolute atomic E-state index is 0.686. The van der Waals surface area contributed by atoms with Gasteiger partial charge >= 0.3 is 118 Å². The van der Waals surface area contributed by atoms with Gasteiger partial charge in [0.25, 0.3) is 0 Å². The van der Waals surface area contributed by atoms with Crippen LogP contribution in [0, 0.1) is 0 Å². The van der Waals surface area contributed by atoms with Gasteiger partial charge in [-0.2, -0.15) is 0 Å². The number of rotatable bonds is 12. The first-order valence-electron chi connectivity index (χ1n) is 7.32. The summed E-state index contributed by atoms with van der Waals surface area (Å²) in [4.78, 5) is 2.43. The van der Waals surface area contributed by atoms with Crippen molar-refractivity contribution in [2.24, 2.45) is 0 Å². The van der Waals surface area contributed by atoms with Crippen LogP contribution in [0.1, 0.15) is 41.0 Å². The Balaban J connectivity index is 4.28. The quantitative estimate of drug-likeness (QED) is 0.518. The van der Waals surface area contributed by atoms with Crippen LogP contribution in [0.25, 0.3) is 0 Å². The molecule has 110 valence electrons. The van der Waals surface area contributed by atoms with E-state index in [-0.39, 0.29) is 0 Å². The molecule has 0 atom stereocenters. The second kappa shape index (κ2) is 11.4. The predicted octanol–water partition coefficient (Wildman–Crippen LogP) is 3.15. The van der Waals surface area contributed by atoms with E-state index in [0.29, 0.717) is 19.8 Å². The predicted molar refractivity (Wildman–Crippen MR) is 72.1 cm³/mol. The van der Waals surface area contributed by atoms with Crippen LogP contribution in [0.15, 0.2) is 0 Å². The van der Waals surface area contributed by atoms with Gasteiger partial charge in [0.15, 0.2) is 0 Å². The van der Waals surface area contributed by atoms with Gasteiger partial charge in [-0.3, -0.25) is 0 Å². The fourth-order valence-electron chi connectivity index (χ4n) is 2.06. The molecule has 0 fully saturated rings. The standard InChI is InChI=1S/C7H16N.3C2H5O.Ti/c1-4-7-8(5-2)6-3;3*1-2-3;/h1,4-7H2,2-3H3;3*2H2,1H3;/q;3*-1;+3. The van der Waals surface area contributed by atoms with Crippen LogP contribution in [0.5, 0.6) is 0 Å². The van der Waals surface area contributed by atoms with E-state index < -0.39 is 17.8 Å². The Labute approximate surface area is 118 Å². The summed E-state index contributed by atoms with van der Waals surface area (Å²) in [6, 6.07) is 0. The molecule has 18 heavy (non-hydrogen) atoms. The van der Waals surface area contributed by atoms with Crippen molar-refractivity contribution in [1.82, 2.24) is 4.90 Å². The number of nitrogens with zero attached hydrogens (tertiary/aromatic N) is 1. The van der Waals surface area contributed by atoms with E-state index in [1.165, 1.54) is 0 Å². The molecule has 0 rings (SSSR count). The summed E-state index contributed by atoms with van der Waals surface area (Å²) in [6.45, 7) is 15.8.